The fourth-order valence-electron chi connectivity index (χ4n) is 2.78. The van der Waals surface area contributed by atoms with E-state index in [1.165, 1.54) is 56.9 Å². The molecule has 0 bridgehead atoms. The van der Waals surface area contributed by atoms with Gasteiger partial charge in [-0.1, -0.05) is 55.4 Å². The molecule has 1 saturated carbocycles. The summed E-state index contributed by atoms with van der Waals surface area (Å²) in [6, 6.07) is 0. The van der Waals surface area contributed by atoms with Crippen LogP contribution in [0.5, 0.6) is 0 Å². The Kier molecular flexibility index (Phi) is 7.27. The molecule has 0 saturated heterocycles. The first-order valence-corrected chi connectivity index (χ1v) is 7.23. The van der Waals surface area contributed by atoms with Gasteiger partial charge in [0.2, 0.25) is 0 Å². The number of rotatable bonds is 6. The van der Waals surface area contributed by atoms with Gasteiger partial charge in [0.05, 0.1) is 0 Å². The average molecular weight is 235 g/mol. The largest absolute Gasteiger partial charge is 0.327 e. The Bertz CT molecular complexity index is 257. The molecule has 0 spiro atoms. The number of hydrogen-bond donors (Lipinski definition) is 1. The maximum Gasteiger partial charge on any atom is 0.0109 e. The van der Waals surface area contributed by atoms with E-state index in [1.54, 1.807) is 5.57 Å². The molecule has 0 aromatic heterocycles. The SMILES string of the molecule is CC(=CCC/C(C)=C/CN)CC1CCCCC1. The van der Waals surface area contributed by atoms with E-state index in [-0.39, 0.29) is 0 Å². The minimum Gasteiger partial charge on any atom is -0.327 e. The Morgan fingerprint density at radius 1 is 1.06 bits per heavy atom. The van der Waals surface area contributed by atoms with Crippen molar-refractivity contribution >= 4 is 0 Å². The van der Waals surface area contributed by atoms with Crippen molar-refractivity contribution in [2.75, 3.05) is 6.54 Å². The molecule has 17 heavy (non-hydrogen) atoms. The van der Waals surface area contributed by atoms with Crippen LogP contribution in [0, 0.1) is 5.92 Å². The highest BCUT2D eigenvalue weighted by atomic mass is 14.5. The summed E-state index contributed by atoms with van der Waals surface area (Å²) >= 11 is 0. The van der Waals surface area contributed by atoms with Crippen molar-refractivity contribution in [3.8, 4) is 0 Å². The first-order chi connectivity index (χ1) is 8.22. The van der Waals surface area contributed by atoms with Crippen molar-refractivity contribution in [1.29, 1.82) is 0 Å². The van der Waals surface area contributed by atoms with Crippen LogP contribution in [0.15, 0.2) is 23.3 Å². The highest BCUT2D eigenvalue weighted by molar-refractivity contribution is 5.04. The monoisotopic (exact) mass is 235 g/mol. The summed E-state index contributed by atoms with van der Waals surface area (Å²) in [5.74, 6) is 0.973. The van der Waals surface area contributed by atoms with Crippen LogP contribution in [0.1, 0.15) is 65.2 Å². The molecular formula is C16H29N. The Balaban J connectivity index is 2.21. The third-order valence-corrected chi connectivity index (χ3v) is 3.83. The van der Waals surface area contributed by atoms with Gasteiger partial charge < -0.3 is 5.73 Å². The molecule has 0 heterocycles. The second-order valence-electron chi connectivity index (χ2n) is 5.58. The Morgan fingerprint density at radius 2 is 1.76 bits per heavy atom. The highest BCUT2D eigenvalue weighted by Crippen LogP contribution is 2.28. The Labute approximate surface area is 107 Å². The van der Waals surface area contributed by atoms with Gasteiger partial charge in [-0.2, -0.15) is 0 Å². The summed E-state index contributed by atoms with van der Waals surface area (Å²) in [5, 5.41) is 0. The molecule has 1 fully saturated rings. The molecule has 0 atom stereocenters. The fourth-order valence-corrected chi connectivity index (χ4v) is 2.78. The van der Waals surface area contributed by atoms with Crippen LogP contribution in [-0.2, 0) is 0 Å². The lowest BCUT2D eigenvalue weighted by Crippen LogP contribution is -2.06. The molecule has 1 aliphatic carbocycles. The maximum absolute atomic E-state index is 5.49. The molecule has 0 unspecified atom stereocenters. The van der Waals surface area contributed by atoms with Crippen molar-refractivity contribution in [2.24, 2.45) is 11.7 Å². The van der Waals surface area contributed by atoms with Gasteiger partial charge >= 0.3 is 0 Å². The van der Waals surface area contributed by atoms with Gasteiger partial charge in [-0.3, -0.25) is 0 Å². The lowest BCUT2D eigenvalue weighted by atomic mass is 9.85. The predicted molar refractivity (Wildman–Crippen MR) is 77.0 cm³/mol. The maximum atomic E-state index is 5.49. The van der Waals surface area contributed by atoms with Gasteiger partial charge in [-0.15, -0.1) is 0 Å². The zero-order chi connectivity index (χ0) is 12.5. The van der Waals surface area contributed by atoms with Crippen LogP contribution in [-0.4, -0.2) is 6.54 Å². The summed E-state index contributed by atoms with van der Waals surface area (Å²) in [4.78, 5) is 0. The molecule has 0 radical (unpaired) electrons. The standard InChI is InChI=1S/C16H29N/c1-14(11-12-17)7-6-8-15(2)13-16-9-4-3-5-10-16/h8,11,16H,3-7,9-10,12-13,17H2,1-2H3/b14-11+,15-8?. The van der Waals surface area contributed by atoms with E-state index in [2.05, 4.69) is 26.0 Å². The number of hydrogen-bond acceptors (Lipinski definition) is 1. The smallest absolute Gasteiger partial charge is 0.0109 e. The molecule has 0 aromatic rings. The van der Waals surface area contributed by atoms with Crippen molar-refractivity contribution in [3.63, 3.8) is 0 Å². The summed E-state index contributed by atoms with van der Waals surface area (Å²) in [6.07, 6.45) is 15.5. The van der Waals surface area contributed by atoms with Crippen LogP contribution in [0.25, 0.3) is 0 Å². The minimum absolute atomic E-state index is 0.677. The van der Waals surface area contributed by atoms with E-state index < -0.39 is 0 Å². The van der Waals surface area contributed by atoms with E-state index in [0.29, 0.717) is 6.54 Å². The van der Waals surface area contributed by atoms with E-state index in [4.69, 9.17) is 5.73 Å². The van der Waals surface area contributed by atoms with E-state index in [1.807, 2.05) is 0 Å². The zero-order valence-corrected chi connectivity index (χ0v) is 11.7. The van der Waals surface area contributed by atoms with E-state index >= 15 is 0 Å². The molecule has 2 N–H and O–H groups in total. The normalized spacial score (nSPS) is 19.7. The molecule has 0 amide bonds. The molecule has 98 valence electrons. The minimum atomic E-state index is 0.677. The lowest BCUT2D eigenvalue weighted by Gasteiger charge is -2.21. The van der Waals surface area contributed by atoms with Crippen molar-refractivity contribution < 1.29 is 0 Å². The van der Waals surface area contributed by atoms with E-state index in [0.717, 1.165) is 5.92 Å². The third kappa shape index (κ3) is 6.68. The summed E-state index contributed by atoms with van der Waals surface area (Å²) in [7, 11) is 0. The Morgan fingerprint density at radius 3 is 2.41 bits per heavy atom. The summed E-state index contributed by atoms with van der Waals surface area (Å²) in [5.41, 5.74) is 8.51. The van der Waals surface area contributed by atoms with Crippen molar-refractivity contribution in [1.82, 2.24) is 0 Å². The first-order valence-electron chi connectivity index (χ1n) is 7.23. The first kappa shape index (κ1) is 14.5. The van der Waals surface area contributed by atoms with E-state index in [9.17, 15) is 0 Å². The van der Waals surface area contributed by atoms with Gasteiger partial charge in [0.15, 0.2) is 0 Å². The van der Waals surface area contributed by atoms with Crippen LogP contribution < -0.4 is 5.73 Å². The molecular weight excluding hydrogens is 206 g/mol. The van der Waals surface area contributed by atoms with Crippen LogP contribution in [0.4, 0.5) is 0 Å². The Hall–Kier alpha value is -0.560. The average Bonchev–Trinajstić information content (AvgIpc) is 2.30. The second kappa shape index (κ2) is 8.52. The molecule has 0 aliphatic heterocycles. The molecule has 1 nitrogen and oxygen atoms in total. The van der Waals surface area contributed by atoms with Gasteiger partial charge in [0.1, 0.15) is 0 Å². The third-order valence-electron chi connectivity index (χ3n) is 3.83. The number of allylic oxidation sites excluding steroid dienone is 3. The van der Waals surface area contributed by atoms with Crippen molar-refractivity contribution in [2.45, 2.75) is 65.2 Å². The van der Waals surface area contributed by atoms with Gasteiger partial charge in [-0.25, -0.2) is 0 Å². The number of nitrogens with two attached hydrogens (primary N) is 1. The second-order valence-corrected chi connectivity index (χ2v) is 5.58. The lowest BCUT2D eigenvalue weighted by molar-refractivity contribution is 0.356. The molecule has 1 aliphatic rings. The summed E-state index contributed by atoms with van der Waals surface area (Å²) < 4.78 is 0. The topological polar surface area (TPSA) is 26.0 Å². The van der Waals surface area contributed by atoms with Gasteiger partial charge in [-0.05, 0) is 39.0 Å². The zero-order valence-electron chi connectivity index (χ0n) is 11.7. The van der Waals surface area contributed by atoms with Gasteiger partial charge in [0.25, 0.3) is 0 Å². The van der Waals surface area contributed by atoms with Crippen molar-refractivity contribution in [3.05, 3.63) is 23.3 Å². The summed E-state index contributed by atoms with van der Waals surface area (Å²) in [6.45, 7) is 5.16. The highest BCUT2D eigenvalue weighted by Gasteiger charge is 2.13. The van der Waals surface area contributed by atoms with Crippen LogP contribution in [0.2, 0.25) is 0 Å². The van der Waals surface area contributed by atoms with Gasteiger partial charge in [0, 0.05) is 6.54 Å². The molecule has 0 aromatic carbocycles. The molecule has 1 rings (SSSR count). The fraction of sp³-hybridized carbons (Fsp3) is 0.750. The van der Waals surface area contributed by atoms with Crippen LogP contribution >= 0.6 is 0 Å². The molecule has 1 heteroatoms. The predicted octanol–water partition coefficient (Wildman–Crippen LogP) is 4.59. The quantitative estimate of drug-likeness (QED) is 0.670. The van der Waals surface area contributed by atoms with Crippen LogP contribution in [0.3, 0.4) is 0 Å².